The predicted octanol–water partition coefficient (Wildman–Crippen LogP) is 0.103. The first kappa shape index (κ1) is 10.7. The van der Waals surface area contributed by atoms with Crippen molar-refractivity contribution in [2.45, 2.75) is 19.3 Å². The summed E-state index contributed by atoms with van der Waals surface area (Å²) in [5.41, 5.74) is 0. The lowest BCUT2D eigenvalue weighted by molar-refractivity contribution is 0.321. The highest BCUT2D eigenvalue weighted by molar-refractivity contribution is 7.88. The Morgan fingerprint density at radius 2 is 1.80 bits per heavy atom. The number of likely N-dealkylation sites (tertiary alicyclic amines) is 1. The Bertz CT molecular complexity index is 358. The highest BCUT2D eigenvalue weighted by atomic mass is 32.2. The van der Waals surface area contributed by atoms with Gasteiger partial charge < -0.3 is 4.90 Å². The first-order valence-corrected chi connectivity index (χ1v) is 7.21. The summed E-state index contributed by atoms with van der Waals surface area (Å²) in [6.45, 7) is 2.97. The van der Waals surface area contributed by atoms with E-state index in [4.69, 9.17) is 0 Å². The standard InChI is InChI=1S/C9H17N3O2S/c1-15(13,14)12-8-5-10-9(12)11-6-3-2-4-7-11/h2-8H2,1H3. The van der Waals surface area contributed by atoms with E-state index in [1.165, 1.54) is 17.0 Å². The summed E-state index contributed by atoms with van der Waals surface area (Å²) in [6.07, 6.45) is 4.76. The van der Waals surface area contributed by atoms with Crippen molar-refractivity contribution in [1.82, 2.24) is 9.21 Å². The highest BCUT2D eigenvalue weighted by Crippen LogP contribution is 2.16. The molecule has 0 radical (unpaired) electrons. The molecule has 15 heavy (non-hydrogen) atoms. The fourth-order valence-corrected chi connectivity index (χ4v) is 2.97. The van der Waals surface area contributed by atoms with E-state index in [2.05, 4.69) is 9.89 Å². The van der Waals surface area contributed by atoms with Crippen molar-refractivity contribution in [3.05, 3.63) is 0 Å². The second-order valence-electron chi connectivity index (χ2n) is 4.06. The van der Waals surface area contributed by atoms with Gasteiger partial charge in [0.2, 0.25) is 16.0 Å². The number of sulfonamides is 1. The molecule has 1 saturated heterocycles. The van der Waals surface area contributed by atoms with Crippen molar-refractivity contribution in [1.29, 1.82) is 0 Å². The summed E-state index contributed by atoms with van der Waals surface area (Å²) in [6, 6.07) is 0. The molecule has 0 spiro atoms. The van der Waals surface area contributed by atoms with E-state index in [0.29, 0.717) is 19.0 Å². The molecule has 0 amide bonds. The van der Waals surface area contributed by atoms with Gasteiger partial charge in [0.05, 0.1) is 19.3 Å². The molecule has 86 valence electrons. The average molecular weight is 231 g/mol. The molecule has 2 rings (SSSR count). The molecule has 0 aromatic carbocycles. The lowest BCUT2D eigenvalue weighted by Crippen LogP contribution is -2.46. The molecule has 2 aliphatic rings. The maximum atomic E-state index is 11.5. The SMILES string of the molecule is CS(=O)(=O)N1CCN=C1N1CCCCC1. The predicted molar refractivity (Wildman–Crippen MR) is 59.3 cm³/mol. The second kappa shape index (κ2) is 4.00. The third kappa shape index (κ3) is 2.25. The van der Waals surface area contributed by atoms with Crippen LogP contribution in [0.25, 0.3) is 0 Å². The number of rotatable bonds is 1. The third-order valence-electron chi connectivity index (χ3n) is 2.82. The number of piperidine rings is 1. The van der Waals surface area contributed by atoms with Gasteiger partial charge in [-0.05, 0) is 19.3 Å². The van der Waals surface area contributed by atoms with Crippen molar-refractivity contribution in [3.63, 3.8) is 0 Å². The van der Waals surface area contributed by atoms with E-state index < -0.39 is 10.0 Å². The number of hydrogen-bond donors (Lipinski definition) is 0. The molecule has 0 aromatic rings. The van der Waals surface area contributed by atoms with Gasteiger partial charge in [-0.1, -0.05) is 0 Å². The van der Waals surface area contributed by atoms with Crippen LogP contribution in [0.15, 0.2) is 4.99 Å². The molecule has 2 aliphatic heterocycles. The Kier molecular flexibility index (Phi) is 2.86. The molecule has 0 aliphatic carbocycles. The minimum absolute atomic E-state index is 0.505. The van der Waals surface area contributed by atoms with Gasteiger partial charge >= 0.3 is 0 Å². The summed E-state index contributed by atoms with van der Waals surface area (Å²) in [5, 5.41) is 0. The molecule has 5 nitrogen and oxygen atoms in total. The molecule has 0 unspecified atom stereocenters. The third-order valence-corrected chi connectivity index (χ3v) is 3.97. The Labute approximate surface area is 90.8 Å². The Balaban J connectivity index is 2.13. The fraction of sp³-hybridized carbons (Fsp3) is 0.889. The molecule has 0 saturated carbocycles. The average Bonchev–Trinajstić information content (AvgIpc) is 2.67. The lowest BCUT2D eigenvalue weighted by atomic mass is 10.1. The van der Waals surface area contributed by atoms with Gasteiger partial charge in [-0.25, -0.2) is 12.7 Å². The largest absolute Gasteiger partial charge is 0.342 e. The molecule has 6 heteroatoms. The van der Waals surface area contributed by atoms with Crippen LogP contribution >= 0.6 is 0 Å². The first-order valence-electron chi connectivity index (χ1n) is 5.36. The van der Waals surface area contributed by atoms with E-state index >= 15 is 0 Å². The molecular formula is C9H17N3O2S. The van der Waals surface area contributed by atoms with Gasteiger partial charge in [0, 0.05) is 13.1 Å². The van der Waals surface area contributed by atoms with E-state index in [1.54, 1.807) is 0 Å². The van der Waals surface area contributed by atoms with Crippen molar-refractivity contribution in [2.75, 3.05) is 32.4 Å². The summed E-state index contributed by atoms with van der Waals surface area (Å²) in [7, 11) is -3.14. The molecular weight excluding hydrogens is 214 g/mol. The smallest absolute Gasteiger partial charge is 0.234 e. The van der Waals surface area contributed by atoms with Gasteiger partial charge in [0.25, 0.3) is 0 Å². The van der Waals surface area contributed by atoms with Crippen LogP contribution in [0.4, 0.5) is 0 Å². The van der Waals surface area contributed by atoms with Crippen LogP contribution in [0.5, 0.6) is 0 Å². The monoisotopic (exact) mass is 231 g/mol. The molecule has 0 N–H and O–H groups in total. The van der Waals surface area contributed by atoms with E-state index in [1.807, 2.05) is 0 Å². The van der Waals surface area contributed by atoms with Crippen molar-refractivity contribution < 1.29 is 8.42 Å². The zero-order chi connectivity index (χ0) is 10.9. The van der Waals surface area contributed by atoms with Gasteiger partial charge in [0.1, 0.15) is 0 Å². The van der Waals surface area contributed by atoms with Crippen molar-refractivity contribution in [3.8, 4) is 0 Å². The number of guanidine groups is 1. The summed E-state index contributed by atoms with van der Waals surface area (Å²) in [4.78, 5) is 6.39. The summed E-state index contributed by atoms with van der Waals surface area (Å²) >= 11 is 0. The van der Waals surface area contributed by atoms with Crippen LogP contribution in [-0.4, -0.2) is 56.0 Å². The first-order chi connectivity index (χ1) is 7.09. The quantitative estimate of drug-likeness (QED) is 0.643. The number of aliphatic imine (C=N–C) groups is 1. The van der Waals surface area contributed by atoms with Crippen LogP contribution in [0.1, 0.15) is 19.3 Å². The van der Waals surface area contributed by atoms with E-state index in [-0.39, 0.29) is 0 Å². The maximum Gasteiger partial charge on any atom is 0.234 e. The Hall–Kier alpha value is -0.780. The van der Waals surface area contributed by atoms with Gasteiger partial charge in [0.15, 0.2) is 0 Å². The van der Waals surface area contributed by atoms with Crippen LogP contribution in [-0.2, 0) is 10.0 Å². The Morgan fingerprint density at radius 3 is 2.40 bits per heavy atom. The van der Waals surface area contributed by atoms with Crippen molar-refractivity contribution >= 4 is 16.0 Å². The topological polar surface area (TPSA) is 53.0 Å². The minimum atomic E-state index is -3.14. The maximum absolute atomic E-state index is 11.5. The molecule has 1 fully saturated rings. The van der Waals surface area contributed by atoms with Crippen LogP contribution in [0.3, 0.4) is 0 Å². The highest BCUT2D eigenvalue weighted by Gasteiger charge is 2.29. The van der Waals surface area contributed by atoms with E-state index in [9.17, 15) is 8.42 Å². The van der Waals surface area contributed by atoms with Gasteiger partial charge in [-0.2, -0.15) is 0 Å². The molecule has 2 heterocycles. The molecule has 0 aromatic heterocycles. The lowest BCUT2D eigenvalue weighted by Gasteiger charge is -2.32. The minimum Gasteiger partial charge on any atom is -0.342 e. The molecule has 0 bridgehead atoms. The molecule has 0 atom stereocenters. The number of nitrogens with zero attached hydrogens (tertiary/aromatic N) is 3. The zero-order valence-electron chi connectivity index (χ0n) is 9.02. The van der Waals surface area contributed by atoms with E-state index in [0.717, 1.165) is 25.9 Å². The van der Waals surface area contributed by atoms with Crippen LogP contribution < -0.4 is 0 Å². The Morgan fingerprint density at radius 1 is 1.13 bits per heavy atom. The number of hydrogen-bond acceptors (Lipinski definition) is 4. The van der Waals surface area contributed by atoms with Crippen LogP contribution in [0, 0.1) is 0 Å². The fourth-order valence-electron chi connectivity index (χ4n) is 2.09. The van der Waals surface area contributed by atoms with Crippen LogP contribution in [0.2, 0.25) is 0 Å². The summed E-state index contributed by atoms with van der Waals surface area (Å²) in [5.74, 6) is 0.664. The van der Waals surface area contributed by atoms with Gasteiger partial charge in [-0.3, -0.25) is 4.99 Å². The zero-order valence-corrected chi connectivity index (χ0v) is 9.83. The van der Waals surface area contributed by atoms with Gasteiger partial charge in [-0.15, -0.1) is 0 Å². The summed E-state index contributed by atoms with van der Waals surface area (Å²) < 4.78 is 24.4. The second-order valence-corrected chi connectivity index (χ2v) is 5.97. The van der Waals surface area contributed by atoms with Crippen molar-refractivity contribution in [2.24, 2.45) is 4.99 Å². The normalized spacial score (nSPS) is 23.1.